The molecule has 2 heterocycles. The molecule has 0 aliphatic carbocycles. The lowest BCUT2D eigenvalue weighted by Crippen LogP contribution is -2.08. The molecule has 3 N–H and O–H groups in total. The van der Waals surface area contributed by atoms with Gasteiger partial charge in [-0.2, -0.15) is 0 Å². The van der Waals surface area contributed by atoms with Crippen LogP contribution in [-0.4, -0.2) is 36.7 Å². The second-order valence-electron chi connectivity index (χ2n) is 3.85. The fraction of sp³-hybridized carbons (Fsp3) is 0.182. The van der Waals surface area contributed by atoms with Gasteiger partial charge in [-0.3, -0.25) is 0 Å². The fourth-order valence-electron chi connectivity index (χ4n) is 1.88. The van der Waals surface area contributed by atoms with Crippen LogP contribution in [0.5, 0.6) is 0 Å². The third-order valence-corrected chi connectivity index (χ3v) is 2.66. The van der Waals surface area contributed by atoms with Crippen LogP contribution in [0.4, 0.5) is 0 Å². The number of aryl methyl sites for hydroxylation is 2. The van der Waals surface area contributed by atoms with E-state index < -0.39 is 11.9 Å². The minimum Gasteiger partial charge on any atom is -0.478 e. The highest BCUT2D eigenvalue weighted by Crippen LogP contribution is 2.26. The van der Waals surface area contributed by atoms with Crippen LogP contribution in [0.2, 0.25) is 0 Å². The molecule has 0 aromatic carbocycles. The quantitative estimate of drug-likeness (QED) is 0.755. The number of aromatic amines is 1. The highest BCUT2D eigenvalue weighted by atomic mass is 16.4. The van der Waals surface area contributed by atoms with Gasteiger partial charge in [-0.25, -0.2) is 14.6 Å². The van der Waals surface area contributed by atoms with Crippen LogP contribution in [0.25, 0.3) is 11.5 Å². The largest absolute Gasteiger partial charge is 0.478 e. The average molecular weight is 249 g/mol. The van der Waals surface area contributed by atoms with Crippen LogP contribution in [0.15, 0.2) is 12.4 Å². The number of H-pyrrole nitrogens is 1. The second-order valence-corrected chi connectivity index (χ2v) is 3.85. The Kier molecular flexibility index (Phi) is 2.66. The SMILES string of the molecule is Cc1[nH]c(-c2nccn2C)c(C(=O)O)c1C(=O)O. The average Bonchev–Trinajstić information content (AvgIpc) is 2.81. The molecule has 2 aromatic rings. The van der Waals surface area contributed by atoms with Crippen molar-refractivity contribution in [2.45, 2.75) is 6.92 Å². The van der Waals surface area contributed by atoms with Gasteiger partial charge in [0, 0.05) is 25.1 Å². The second kappa shape index (κ2) is 4.02. The highest BCUT2D eigenvalue weighted by molar-refractivity contribution is 6.06. The van der Waals surface area contributed by atoms with E-state index in [0.717, 1.165) is 0 Å². The molecule has 2 rings (SSSR count). The molecule has 94 valence electrons. The number of nitrogens with zero attached hydrogens (tertiary/aromatic N) is 2. The molecule has 0 aliphatic rings. The first-order chi connectivity index (χ1) is 8.43. The van der Waals surface area contributed by atoms with Crippen molar-refractivity contribution in [3.8, 4) is 11.5 Å². The summed E-state index contributed by atoms with van der Waals surface area (Å²) in [6.07, 6.45) is 3.16. The molecule has 0 atom stereocenters. The van der Waals surface area contributed by atoms with Crippen LogP contribution in [-0.2, 0) is 7.05 Å². The maximum Gasteiger partial charge on any atom is 0.338 e. The number of carbonyl (C=O) groups is 2. The number of hydrogen-bond acceptors (Lipinski definition) is 3. The Bertz CT molecular complexity index is 639. The molecule has 0 saturated carbocycles. The normalized spacial score (nSPS) is 10.6. The Morgan fingerprint density at radius 2 is 1.89 bits per heavy atom. The Labute approximate surface area is 102 Å². The van der Waals surface area contributed by atoms with Crippen molar-refractivity contribution in [1.29, 1.82) is 0 Å². The van der Waals surface area contributed by atoms with Crippen molar-refractivity contribution in [3.63, 3.8) is 0 Å². The highest BCUT2D eigenvalue weighted by Gasteiger charge is 2.27. The zero-order valence-corrected chi connectivity index (χ0v) is 9.76. The third-order valence-electron chi connectivity index (χ3n) is 2.66. The topological polar surface area (TPSA) is 108 Å². The van der Waals surface area contributed by atoms with E-state index in [2.05, 4.69) is 9.97 Å². The molecule has 7 heteroatoms. The smallest absolute Gasteiger partial charge is 0.338 e. The van der Waals surface area contributed by atoms with E-state index in [9.17, 15) is 14.7 Å². The lowest BCUT2D eigenvalue weighted by Gasteiger charge is -2.01. The van der Waals surface area contributed by atoms with E-state index >= 15 is 0 Å². The van der Waals surface area contributed by atoms with Gasteiger partial charge in [0.25, 0.3) is 0 Å². The number of hydrogen-bond donors (Lipinski definition) is 3. The van der Waals surface area contributed by atoms with Gasteiger partial charge in [-0.1, -0.05) is 0 Å². The number of imidazole rings is 1. The summed E-state index contributed by atoms with van der Waals surface area (Å²) in [5.74, 6) is -2.20. The maximum absolute atomic E-state index is 11.2. The maximum atomic E-state index is 11.2. The van der Waals surface area contributed by atoms with Gasteiger partial charge in [0.15, 0.2) is 5.82 Å². The first kappa shape index (κ1) is 11.9. The standard InChI is InChI=1S/C11H11N3O4/c1-5-6(10(15)16)7(11(17)18)8(13-5)9-12-3-4-14(9)2/h3-4,13H,1-2H3,(H,15,16)(H,17,18). The molecule has 0 fully saturated rings. The summed E-state index contributed by atoms with van der Waals surface area (Å²) in [5, 5.41) is 18.2. The van der Waals surface area contributed by atoms with Gasteiger partial charge in [-0.05, 0) is 6.92 Å². The molecule has 0 unspecified atom stereocenters. The Morgan fingerprint density at radius 1 is 1.28 bits per heavy atom. The van der Waals surface area contributed by atoms with E-state index in [4.69, 9.17) is 5.11 Å². The predicted octanol–water partition coefficient (Wildman–Crippen LogP) is 1.12. The molecular formula is C11H11N3O4. The number of nitrogens with one attached hydrogen (secondary N) is 1. The van der Waals surface area contributed by atoms with Crippen LogP contribution in [0.3, 0.4) is 0 Å². The van der Waals surface area contributed by atoms with Crippen molar-refractivity contribution in [1.82, 2.24) is 14.5 Å². The van der Waals surface area contributed by atoms with E-state index in [1.165, 1.54) is 13.1 Å². The molecule has 0 aliphatic heterocycles. The van der Waals surface area contributed by atoms with Gasteiger partial charge in [0.1, 0.15) is 5.56 Å². The number of aromatic carboxylic acids is 2. The molecule has 0 saturated heterocycles. The number of carboxylic acid groups (broad SMARTS) is 2. The van der Waals surface area contributed by atoms with Crippen molar-refractivity contribution in [3.05, 3.63) is 29.2 Å². The van der Waals surface area contributed by atoms with Gasteiger partial charge in [-0.15, -0.1) is 0 Å². The van der Waals surface area contributed by atoms with E-state index in [0.29, 0.717) is 5.82 Å². The Morgan fingerprint density at radius 3 is 2.33 bits per heavy atom. The van der Waals surface area contributed by atoms with Crippen molar-refractivity contribution in [2.75, 3.05) is 0 Å². The molecule has 0 spiro atoms. The van der Waals surface area contributed by atoms with Gasteiger partial charge in [0.05, 0.1) is 11.3 Å². The lowest BCUT2D eigenvalue weighted by molar-refractivity contribution is 0.0652. The molecule has 0 bridgehead atoms. The predicted molar refractivity (Wildman–Crippen MR) is 61.7 cm³/mol. The van der Waals surface area contributed by atoms with Crippen molar-refractivity contribution < 1.29 is 19.8 Å². The number of aromatic nitrogens is 3. The van der Waals surface area contributed by atoms with Crippen molar-refractivity contribution in [2.24, 2.45) is 7.05 Å². The lowest BCUT2D eigenvalue weighted by atomic mass is 10.1. The third kappa shape index (κ3) is 1.65. The monoisotopic (exact) mass is 249 g/mol. The van der Waals surface area contributed by atoms with E-state index in [1.807, 2.05) is 0 Å². The van der Waals surface area contributed by atoms with Crippen molar-refractivity contribution >= 4 is 11.9 Å². The summed E-state index contributed by atoms with van der Waals surface area (Å²) in [6.45, 7) is 1.52. The zero-order valence-electron chi connectivity index (χ0n) is 9.76. The molecule has 18 heavy (non-hydrogen) atoms. The van der Waals surface area contributed by atoms with Crippen LogP contribution in [0.1, 0.15) is 26.4 Å². The molecule has 2 aromatic heterocycles. The first-order valence-corrected chi connectivity index (χ1v) is 5.10. The number of rotatable bonds is 3. The zero-order chi connectivity index (χ0) is 13.4. The molecule has 7 nitrogen and oxygen atoms in total. The molecular weight excluding hydrogens is 238 g/mol. The summed E-state index contributed by atoms with van der Waals surface area (Å²) < 4.78 is 1.61. The van der Waals surface area contributed by atoms with Crippen LogP contribution < -0.4 is 0 Å². The minimum atomic E-state index is -1.30. The summed E-state index contributed by atoms with van der Waals surface area (Å²) in [5.41, 5.74) is -0.0161. The summed E-state index contributed by atoms with van der Waals surface area (Å²) in [7, 11) is 1.70. The summed E-state index contributed by atoms with van der Waals surface area (Å²) in [6, 6.07) is 0. The fourth-order valence-corrected chi connectivity index (χ4v) is 1.88. The van der Waals surface area contributed by atoms with Crippen LogP contribution in [0, 0.1) is 6.92 Å². The Hall–Kier alpha value is -2.57. The Balaban J connectivity index is 2.77. The summed E-state index contributed by atoms with van der Waals surface area (Å²) in [4.78, 5) is 29.1. The first-order valence-electron chi connectivity index (χ1n) is 5.10. The molecule has 0 amide bonds. The number of carboxylic acids is 2. The summed E-state index contributed by atoms with van der Waals surface area (Å²) >= 11 is 0. The molecule has 0 radical (unpaired) electrons. The van der Waals surface area contributed by atoms with E-state index in [1.54, 1.807) is 17.8 Å². The van der Waals surface area contributed by atoms with Gasteiger partial charge >= 0.3 is 11.9 Å². The van der Waals surface area contributed by atoms with Crippen LogP contribution >= 0.6 is 0 Å². The van der Waals surface area contributed by atoms with E-state index in [-0.39, 0.29) is 22.5 Å². The van der Waals surface area contributed by atoms with Gasteiger partial charge < -0.3 is 19.8 Å². The minimum absolute atomic E-state index is 0.199. The van der Waals surface area contributed by atoms with Gasteiger partial charge in [0.2, 0.25) is 0 Å².